The van der Waals surface area contributed by atoms with E-state index in [1.165, 1.54) is 0 Å². The van der Waals surface area contributed by atoms with Gasteiger partial charge in [-0.2, -0.15) is 0 Å². The van der Waals surface area contributed by atoms with Gasteiger partial charge in [-0.25, -0.2) is 0 Å². The molecule has 0 aliphatic carbocycles. The smallest absolute Gasteiger partial charge is 0.309 e. The average Bonchev–Trinajstić information content (AvgIpc) is 3.04. The number of thiophene rings is 1. The standard InChI is InChI=1S/C21H22ClNO4S/c1-13-11-18(14(2)28-13)19(24)12-27-21(26)16-7-9-23(10-8-16)20(25)15-3-5-17(22)6-4-15/h3-6,11,16H,7-10,12H2,1-2H3. The van der Waals surface area contributed by atoms with Gasteiger partial charge in [-0.3, -0.25) is 14.4 Å². The van der Waals surface area contributed by atoms with Gasteiger partial charge in [0, 0.05) is 39.0 Å². The fraction of sp³-hybridized carbons (Fsp3) is 0.381. The predicted octanol–water partition coefficient (Wildman–Crippen LogP) is 4.30. The largest absolute Gasteiger partial charge is 0.457 e. The maximum Gasteiger partial charge on any atom is 0.309 e. The SMILES string of the molecule is Cc1cc(C(=O)COC(=O)C2CCN(C(=O)c3ccc(Cl)cc3)CC2)c(C)s1. The Balaban J connectivity index is 1.48. The summed E-state index contributed by atoms with van der Waals surface area (Å²) in [5, 5.41) is 0.584. The lowest BCUT2D eigenvalue weighted by Gasteiger charge is -2.31. The molecule has 28 heavy (non-hydrogen) atoms. The molecule has 0 N–H and O–H groups in total. The molecule has 3 rings (SSSR count). The van der Waals surface area contributed by atoms with Crippen molar-refractivity contribution in [1.29, 1.82) is 0 Å². The van der Waals surface area contributed by atoms with Crippen molar-refractivity contribution < 1.29 is 19.1 Å². The van der Waals surface area contributed by atoms with E-state index in [0.29, 0.717) is 42.1 Å². The van der Waals surface area contributed by atoms with E-state index < -0.39 is 0 Å². The Bertz CT molecular complexity index is 882. The summed E-state index contributed by atoms with van der Waals surface area (Å²) in [4.78, 5) is 40.8. The molecule has 1 aliphatic heterocycles. The number of piperidine rings is 1. The number of esters is 1. The topological polar surface area (TPSA) is 63.7 Å². The van der Waals surface area contributed by atoms with Gasteiger partial charge >= 0.3 is 5.97 Å². The van der Waals surface area contributed by atoms with Gasteiger partial charge in [0.1, 0.15) is 0 Å². The summed E-state index contributed by atoms with van der Waals surface area (Å²) in [6, 6.07) is 8.60. The number of hydrogen-bond acceptors (Lipinski definition) is 5. The number of carbonyl (C=O) groups is 3. The zero-order chi connectivity index (χ0) is 20.3. The lowest BCUT2D eigenvalue weighted by molar-refractivity contribution is -0.148. The van der Waals surface area contributed by atoms with Crippen LogP contribution in [0.15, 0.2) is 30.3 Å². The highest BCUT2D eigenvalue weighted by Crippen LogP contribution is 2.23. The number of halogens is 1. The monoisotopic (exact) mass is 419 g/mol. The minimum Gasteiger partial charge on any atom is -0.457 e. The predicted molar refractivity (Wildman–Crippen MR) is 109 cm³/mol. The molecule has 2 aromatic rings. The van der Waals surface area contributed by atoms with Gasteiger partial charge in [-0.15, -0.1) is 11.3 Å². The summed E-state index contributed by atoms with van der Waals surface area (Å²) in [5.41, 5.74) is 1.20. The summed E-state index contributed by atoms with van der Waals surface area (Å²) >= 11 is 7.41. The molecule has 0 radical (unpaired) electrons. The third-order valence-corrected chi connectivity index (χ3v) is 6.11. The zero-order valence-corrected chi connectivity index (χ0v) is 17.4. The summed E-state index contributed by atoms with van der Waals surface area (Å²) < 4.78 is 5.25. The first-order valence-corrected chi connectivity index (χ1v) is 10.4. The van der Waals surface area contributed by atoms with E-state index in [9.17, 15) is 14.4 Å². The third-order valence-electron chi connectivity index (χ3n) is 4.89. The van der Waals surface area contributed by atoms with E-state index in [1.54, 1.807) is 40.5 Å². The van der Waals surface area contributed by atoms with Crippen LogP contribution in [-0.2, 0) is 9.53 Å². The molecule has 0 atom stereocenters. The molecule has 2 heterocycles. The lowest BCUT2D eigenvalue weighted by atomic mass is 9.96. The number of aryl methyl sites for hydroxylation is 2. The number of carbonyl (C=O) groups excluding carboxylic acids is 3. The Morgan fingerprint density at radius 2 is 1.79 bits per heavy atom. The van der Waals surface area contributed by atoms with Crippen LogP contribution in [0.3, 0.4) is 0 Å². The summed E-state index contributed by atoms with van der Waals surface area (Å²) in [6.07, 6.45) is 1.06. The summed E-state index contributed by atoms with van der Waals surface area (Å²) in [5.74, 6) is -0.892. The fourth-order valence-corrected chi connectivity index (χ4v) is 4.40. The molecule has 0 saturated carbocycles. The fourth-order valence-electron chi connectivity index (χ4n) is 3.33. The first-order chi connectivity index (χ1) is 13.3. The van der Waals surface area contributed by atoms with Gasteiger partial charge in [0.15, 0.2) is 6.61 Å². The molecule has 1 amide bonds. The maximum absolute atomic E-state index is 12.5. The van der Waals surface area contributed by atoms with E-state index in [0.717, 1.165) is 9.75 Å². The maximum atomic E-state index is 12.5. The van der Waals surface area contributed by atoms with Crippen LogP contribution in [0.25, 0.3) is 0 Å². The van der Waals surface area contributed by atoms with E-state index in [4.69, 9.17) is 16.3 Å². The number of Topliss-reactive ketones (excluding diaryl/α,β-unsaturated/α-hetero) is 1. The van der Waals surface area contributed by atoms with E-state index >= 15 is 0 Å². The van der Waals surface area contributed by atoms with Crippen LogP contribution in [0.1, 0.15) is 43.3 Å². The van der Waals surface area contributed by atoms with Gasteiger partial charge in [0.25, 0.3) is 5.91 Å². The second-order valence-corrected chi connectivity index (χ2v) is 8.83. The number of rotatable bonds is 5. The molecule has 1 fully saturated rings. The molecular weight excluding hydrogens is 398 g/mol. The van der Waals surface area contributed by atoms with E-state index in [-0.39, 0.29) is 30.2 Å². The summed E-state index contributed by atoms with van der Waals surface area (Å²) in [6.45, 7) is 4.56. The quantitative estimate of drug-likeness (QED) is 0.535. The van der Waals surface area contributed by atoms with Gasteiger partial charge in [-0.1, -0.05) is 11.6 Å². The van der Waals surface area contributed by atoms with Gasteiger partial charge in [0.05, 0.1) is 5.92 Å². The first kappa shape index (κ1) is 20.6. The average molecular weight is 420 g/mol. The highest BCUT2D eigenvalue weighted by atomic mass is 35.5. The number of likely N-dealkylation sites (tertiary alicyclic amines) is 1. The molecule has 1 aliphatic rings. The second-order valence-electron chi connectivity index (χ2n) is 6.93. The molecule has 1 aromatic heterocycles. The van der Waals surface area contributed by atoms with Crippen molar-refractivity contribution in [3.63, 3.8) is 0 Å². The van der Waals surface area contributed by atoms with Crippen LogP contribution in [0.5, 0.6) is 0 Å². The zero-order valence-electron chi connectivity index (χ0n) is 15.9. The Kier molecular flexibility index (Phi) is 6.52. The van der Waals surface area contributed by atoms with Crippen LogP contribution >= 0.6 is 22.9 Å². The van der Waals surface area contributed by atoms with Crippen LogP contribution in [0, 0.1) is 19.8 Å². The highest BCUT2D eigenvalue weighted by molar-refractivity contribution is 7.12. The Morgan fingerprint density at radius 3 is 2.36 bits per heavy atom. The van der Waals surface area contributed by atoms with Crippen molar-refractivity contribution in [3.8, 4) is 0 Å². The molecule has 0 bridgehead atoms. The lowest BCUT2D eigenvalue weighted by Crippen LogP contribution is -2.40. The molecule has 1 saturated heterocycles. The first-order valence-electron chi connectivity index (χ1n) is 9.17. The van der Waals surface area contributed by atoms with Crippen molar-refractivity contribution in [2.24, 2.45) is 5.92 Å². The van der Waals surface area contributed by atoms with Crippen LogP contribution in [0.2, 0.25) is 5.02 Å². The third kappa shape index (κ3) is 4.80. The van der Waals surface area contributed by atoms with E-state index in [1.807, 2.05) is 19.9 Å². The van der Waals surface area contributed by atoms with Gasteiger partial charge < -0.3 is 9.64 Å². The number of amides is 1. The Labute approximate surface area is 173 Å². The van der Waals surface area contributed by atoms with Gasteiger partial charge in [-0.05, 0) is 57.0 Å². The minimum absolute atomic E-state index is 0.0676. The van der Waals surface area contributed by atoms with Crippen LogP contribution in [-0.4, -0.2) is 42.3 Å². The number of ether oxygens (including phenoxy) is 1. The van der Waals surface area contributed by atoms with Crippen LogP contribution in [0.4, 0.5) is 0 Å². The number of benzene rings is 1. The van der Waals surface area contributed by atoms with Crippen molar-refractivity contribution in [1.82, 2.24) is 4.90 Å². The molecule has 148 valence electrons. The van der Waals surface area contributed by atoms with E-state index in [2.05, 4.69) is 0 Å². The molecule has 1 aromatic carbocycles. The van der Waals surface area contributed by atoms with Crippen molar-refractivity contribution in [2.75, 3.05) is 19.7 Å². The molecule has 7 heteroatoms. The molecule has 0 unspecified atom stereocenters. The molecule has 5 nitrogen and oxygen atoms in total. The summed E-state index contributed by atoms with van der Waals surface area (Å²) in [7, 11) is 0. The molecular formula is C21H22ClNO4S. The number of ketones is 1. The number of hydrogen-bond donors (Lipinski definition) is 0. The Morgan fingerprint density at radius 1 is 1.14 bits per heavy atom. The number of nitrogens with zero attached hydrogens (tertiary/aromatic N) is 1. The normalized spacial score (nSPS) is 14.8. The molecule has 0 spiro atoms. The minimum atomic E-state index is -0.364. The Hall–Kier alpha value is -2.18. The van der Waals surface area contributed by atoms with Crippen molar-refractivity contribution in [3.05, 3.63) is 56.2 Å². The van der Waals surface area contributed by atoms with Gasteiger partial charge in [0.2, 0.25) is 5.78 Å². The second kappa shape index (κ2) is 8.88. The van der Waals surface area contributed by atoms with Crippen molar-refractivity contribution in [2.45, 2.75) is 26.7 Å². The van der Waals surface area contributed by atoms with Crippen LogP contribution < -0.4 is 0 Å². The highest BCUT2D eigenvalue weighted by Gasteiger charge is 2.29. The van der Waals surface area contributed by atoms with Crippen molar-refractivity contribution >= 4 is 40.6 Å².